The number of ether oxygens (including phenoxy) is 1. The molecule has 1 aliphatic heterocycles. The second kappa shape index (κ2) is 5.32. The smallest absolute Gasteiger partial charge is 0.435 e. The van der Waals surface area contributed by atoms with Crippen molar-refractivity contribution in [3.63, 3.8) is 0 Å². The molecule has 2 unspecified atom stereocenters. The Kier molecular flexibility index (Phi) is 3.57. The lowest BCUT2D eigenvalue weighted by molar-refractivity contribution is -0.141. The number of azo groups is 1. The van der Waals surface area contributed by atoms with E-state index in [0.29, 0.717) is 5.56 Å². The molecule has 1 aliphatic rings. The molecular weight excluding hydrogens is 313 g/mol. The van der Waals surface area contributed by atoms with Crippen LogP contribution in [0.4, 0.5) is 13.2 Å². The number of hydrogen-bond acceptors (Lipinski definition) is 5. The number of alkyl halides is 3. The van der Waals surface area contributed by atoms with Gasteiger partial charge in [0.25, 0.3) is 0 Å². The maximum absolute atomic E-state index is 13.0. The molecule has 6 nitrogen and oxygen atoms in total. The summed E-state index contributed by atoms with van der Waals surface area (Å²) in [6.07, 6.45) is -4.58. The Morgan fingerprint density at radius 3 is 2.74 bits per heavy atom. The third-order valence-electron chi connectivity index (χ3n) is 3.85. The van der Waals surface area contributed by atoms with E-state index in [4.69, 9.17) is 4.74 Å². The molecule has 0 amide bonds. The van der Waals surface area contributed by atoms with Crippen molar-refractivity contribution in [3.8, 4) is 5.88 Å². The molecule has 0 bridgehead atoms. The van der Waals surface area contributed by atoms with Crippen LogP contribution in [0, 0.1) is 5.92 Å². The summed E-state index contributed by atoms with van der Waals surface area (Å²) >= 11 is 0. The van der Waals surface area contributed by atoms with Crippen LogP contribution in [0.5, 0.6) is 5.88 Å². The Morgan fingerprint density at radius 2 is 2.09 bits per heavy atom. The number of hydrogen-bond donors (Lipinski definition) is 0. The largest absolute Gasteiger partial charge is 0.481 e. The molecule has 2 aromatic rings. The van der Waals surface area contributed by atoms with Crippen molar-refractivity contribution in [1.29, 1.82) is 0 Å². The Hall–Kier alpha value is -2.45. The number of carbonyl (C=O) groups is 1. The zero-order valence-electron chi connectivity index (χ0n) is 12.3. The standard InChI is InChI=1S/C14H13F3N4O2/c1-7-10(22)6-18-19-13(7)8-3-4-12(23-2)21-9(8)5-11(20-21)14(15,16)17/h3-5,7,13H,6H2,1-2H3. The minimum Gasteiger partial charge on any atom is -0.481 e. The van der Waals surface area contributed by atoms with Crippen molar-refractivity contribution in [3.05, 3.63) is 29.5 Å². The van der Waals surface area contributed by atoms with Gasteiger partial charge in [-0.1, -0.05) is 6.92 Å². The van der Waals surface area contributed by atoms with Gasteiger partial charge in [0.2, 0.25) is 5.88 Å². The molecular formula is C14H13F3N4O2. The van der Waals surface area contributed by atoms with Crippen LogP contribution in [0.2, 0.25) is 0 Å². The topological polar surface area (TPSA) is 68.3 Å². The summed E-state index contributed by atoms with van der Waals surface area (Å²) in [4.78, 5) is 11.8. The van der Waals surface area contributed by atoms with Crippen LogP contribution in [0.25, 0.3) is 5.52 Å². The molecule has 0 aromatic carbocycles. The highest BCUT2D eigenvalue weighted by Crippen LogP contribution is 2.37. The van der Waals surface area contributed by atoms with Crippen LogP contribution in [0.15, 0.2) is 28.4 Å². The zero-order chi connectivity index (χ0) is 16.8. The molecule has 0 fully saturated rings. The summed E-state index contributed by atoms with van der Waals surface area (Å²) < 4.78 is 45.0. The van der Waals surface area contributed by atoms with Crippen LogP contribution in [0.1, 0.15) is 24.2 Å². The number of rotatable bonds is 2. The van der Waals surface area contributed by atoms with E-state index < -0.39 is 23.8 Å². The second-order valence-corrected chi connectivity index (χ2v) is 5.27. The summed E-state index contributed by atoms with van der Waals surface area (Å²) in [5, 5.41) is 11.4. The molecule has 0 N–H and O–H groups in total. The van der Waals surface area contributed by atoms with Gasteiger partial charge in [0, 0.05) is 17.5 Å². The third-order valence-corrected chi connectivity index (χ3v) is 3.85. The maximum Gasteiger partial charge on any atom is 0.435 e. The lowest BCUT2D eigenvalue weighted by Gasteiger charge is -2.22. The fraction of sp³-hybridized carbons (Fsp3) is 0.429. The van der Waals surface area contributed by atoms with Crippen LogP contribution < -0.4 is 4.74 Å². The summed E-state index contributed by atoms with van der Waals surface area (Å²) in [6, 6.07) is 3.38. The van der Waals surface area contributed by atoms with Gasteiger partial charge in [-0.25, -0.2) is 4.52 Å². The third kappa shape index (κ3) is 2.55. The predicted molar refractivity (Wildman–Crippen MR) is 73.4 cm³/mol. The number of fused-ring (bicyclic) bond motifs is 1. The molecule has 9 heteroatoms. The van der Waals surface area contributed by atoms with Gasteiger partial charge in [-0.15, -0.1) is 0 Å². The molecule has 122 valence electrons. The van der Waals surface area contributed by atoms with E-state index in [2.05, 4.69) is 15.3 Å². The molecule has 23 heavy (non-hydrogen) atoms. The number of aromatic nitrogens is 2. The molecule has 3 rings (SSSR count). The molecule has 0 radical (unpaired) electrons. The molecule has 3 heterocycles. The highest BCUT2D eigenvalue weighted by atomic mass is 19.4. The average Bonchev–Trinajstić information content (AvgIpc) is 2.95. The Balaban J connectivity index is 2.22. The number of halogens is 3. The van der Waals surface area contributed by atoms with Crippen molar-refractivity contribution in [2.24, 2.45) is 16.1 Å². The number of ketones is 1. The average molecular weight is 326 g/mol. The molecule has 2 aromatic heterocycles. The van der Waals surface area contributed by atoms with Crippen molar-refractivity contribution in [2.45, 2.75) is 19.1 Å². The predicted octanol–water partition coefficient (Wildman–Crippen LogP) is 3.07. The first-order valence-electron chi connectivity index (χ1n) is 6.86. The van der Waals surface area contributed by atoms with Crippen molar-refractivity contribution in [1.82, 2.24) is 9.61 Å². The van der Waals surface area contributed by atoms with Crippen LogP contribution in [-0.2, 0) is 11.0 Å². The summed E-state index contributed by atoms with van der Waals surface area (Å²) in [6.45, 7) is 1.68. The fourth-order valence-corrected chi connectivity index (χ4v) is 2.57. The minimum atomic E-state index is -4.58. The van der Waals surface area contributed by atoms with Gasteiger partial charge in [0.1, 0.15) is 12.6 Å². The number of nitrogens with zero attached hydrogens (tertiary/aromatic N) is 4. The number of carbonyl (C=O) groups excluding carboxylic acids is 1. The molecule has 0 aliphatic carbocycles. The molecule has 2 atom stereocenters. The first-order valence-corrected chi connectivity index (χ1v) is 6.86. The summed E-state index contributed by atoms with van der Waals surface area (Å²) in [5.41, 5.74) is -0.379. The van der Waals surface area contributed by atoms with E-state index in [1.807, 2.05) is 0 Å². The lowest BCUT2D eigenvalue weighted by atomic mass is 9.90. The minimum absolute atomic E-state index is 0.00281. The van der Waals surface area contributed by atoms with E-state index in [1.54, 1.807) is 13.0 Å². The highest BCUT2D eigenvalue weighted by Gasteiger charge is 2.36. The molecule has 0 saturated carbocycles. The quantitative estimate of drug-likeness (QED) is 0.851. The van der Waals surface area contributed by atoms with Crippen molar-refractivity contribution in [2.75, 3.05) is 13.7 Å². The van der Waals surface area contributed by atoms with Gasteiger partial charge in [0.05, 0.1) is 12.6 Å². The monoisotopic (exact) mass is 326 g/mol. The first-order chi connectivity index (χ1) is 10.8. The van der Waals surface area contributed by atoms with E-state index in [-0.39, 0.29) is 23.7 Å². The van der Waals surface area contributed by atoms with Crippen LogP contribution in [0.3, 0.4) is 0 Å². The lowest BCUT2D eigenvalue weighted by Crippen LogP contribution is -2.24. The van der Waals surface area contributed by atoms with Gasteiger partial charge in [-0.2, -0.15) is 28.5 Å². The van der Waals surface area contributed by atoms with Gasteiger partial charge in [0.15, 0.2) is 11.5 Å². The van der Waals surface area contributed by atoms with Crippen molar-refractivity contribution < 1.29 is 22.7 Å². The van der Waals surface area contributed by atoms with Crippen molar-refractivity contribution >= 4 is 11.3 Å². The van der Waals surface area contributed by atoms with Gasteiger partial charge in [-0.3, -0.25) is 4.79 Å². The van der Waals surface area contributed by atoms with E-state index in [1.165, 1.54) is 13.2 Å². The van der Waals surface area contributed by atoms with Crippen LogP contribution >= 0.6 is 0 Å². The summed E-state index contributed by atoms with van der Waals surface area (Å²) in [5.74, 6) is -0.408. The first kappa shape index (κ1) is 15.4. The number of Topliss-reactive ketones (excluding diaryl/α,β-unsaturated/α-hetero) is 1. The van der Waals surface area contributed by atoms with Gasteiger partial charge in [-0.05, 0) is 12.1 Å². The second-order valence-electron chi connectivity index (χ2n) is 5.27. The summed E-state index contributed by atoms with van der Waals surface area (Å²) in [7, 11) is 1.34. The normalized spacial score (nSPS) is 21.9. The Morgan fingerprint density at radius 1 is 1.35 bits per heavy atom. The number of pyridine rings is 1. The van der Waals surface area contributed by atoms with E-state index in [9.17, 15) is 18.0 Å². The zero-order valence-corrected chi connectivity index (χ0v) is 12.3. The molecule has 0 saturated heterocycles. The number of methoxy groups -OCH3 is 1. The van der Waals surface area contributed by atoms with E-state index >= 15 is 0 Å². The van der Waals surface area contributed by atoms with Crippen LogP contribution in [-0.4, -0.2) is 29.1 Å². The molecule has 0 spiro atoms. The van der Waals surface area contributed by atoms with Gasteiger partial charge < -0.3 is 4.74 Å². The SMILES string of the molecule is COc1ccc(C2N=NCC(=O)C2C)c2cc(C(F)(F)F)nn12. The van der Waals surface area contributed by atoms with E-state index in [0.717, 1.165) is 10.6 Å². The van der Waals surface area contributed by atoms with Gasteiger partial charge >= 0.3 is 6.18 Å². The Bertz CT molecular complexity index is 797. The Labute approximate surface area is 129 Å². The highest BCUT2D eigenvalue weighted by molar-refractivity contribution is 5.84. The fourth-order valence-electron chi connectivity index (χ4n) is 2.57. The maximum atomic E-state index is 13.0.